The first-order valence-electron chi connectivity index (χ1n) is 0. The third-order valence-corrected chi connectivity index (χ3v) is 0. The third-order valence-electron chi connectivity index (χ3n) is 0. The van der Waals surface area contributed by atoms with Crippen LogP contribution in [-0.4, -0.2) is 52.1 Å². The SMILES string of the molecule is [Al].[Al].[Al].[Nd]. The molecule has 0 spiro atoms. The molecule has 0 unspecified atom stereocenters. The van der Waals surface area contributed by atoms with E-state index in [1.54, 1.807) is 0 Å². The van der Waals surface area contributed by atoms with Gasteiger partial charge in [0.25, 0.3) is 0 Å². The van der Waals surface area contributed by atoms with E-state index in [-0.39, 0.29) is 92.9 Å². The van der Waals surface area contributed by atoms with Gasteiger partial charge in [0.1, 0.15) is 0 Å². The van der Waals surface area contributed by atoms with Crippen LogP contribution in [0, 0.1) is 40.8 Å². The van der Waals surface area contributed by atoms with Crippen LogP contribution in [0.4, 0.5) is 0 Å². The fraction of sp³-hybridized carbons (Fsp3) is 0. The van der Waals surface area contributed by atoms with E-state index in [0.29, 0.717) is 0 Å². The van der Waals surface area contributed by atoms with Crippen molar-refractivity contribution in [3.63, 3.8) is 0 Å². The fourth-order valence-corrected chi connectivity index (χ4v) is 0. The van der Waals surface area contributed by atoms with Gasteiger partial charge in [-0.15, -0.1) is 0 Å². The second kappa shape index (κ2) is 16.8. The molecule has 0 saturated carbocycles. The van der Waals surface area contributed by atoms with Gasteiger partial charge >= 0.3 is 0 Å². The summed E-state index contributed by atoms with van der Waals surface area (Å²) < 4.78 is 0. The molecule has 0 fully saturated rings. The van der Waals surface area contributed by atoms with Gasteiger partial charge in [0.05, 0.1) is 0 Å². The van der Waals surface area contributed by atoms with E-state index in [9.17, 15) is 0 Å². The van der Waals surface area contributed by atoms with Crippen LogP contribution in [0.5, 0.6) is 0 Å². The van der Waals surface area contributed by atoms with Crippen LogP contribution in [-0.2, 0) is 0 Å². The molecule has 0 aromatic heterocycles. The minimum absolute atomic E-state index is 0. The zero-order chi connectivity index (χ0) is 0. The van der Waals surface area contributed by atoms with Gasteiger partial charge in [-0.05, 0) is 0 Å². The minimum Gasteiger partial charge on any atom is 0 e. The molecular weight excluding hydrogens is 225 g/mol. The maximum Gasteiger partial charge on any atom is 0 e. The Kier molecular flexibility index (Phi) is 118. The molecule has 13 valence electrons. The zero-order valence-corrected chi connectivity index (χ0v) is 8.90. The molecule has 4 heavy (non-hydrogen) atoms. The smallest absolute Gasteiger partial charge is 0 e. The van der Waals surface area contributed by atoms with E-state index in [0.717, 1.165) is 0 Å². The molecule has 0 saturated heterocycles. The average Bonchev–Trinajstić information content (AvgIpc) is 0. The number of rotatable bonds is 0. The topological polar surface area (TPSA) is 0 Å². The molecule has 0 heterocycles. The molecular formula is Al3Nd. The normalized spacial score (nSPS) is 0. The van der Waals surface area contributed by atoms with Crippen molar-refractivity contribution in [2.24, 2.45) is 0 Å². The van der Waals surface area contributed by atoms with Crippen LogP contribution in [0.2, 0.25) is 0 Å². The summed E-state index contributed by atoms with van der Waals surface area (Å²) in [6, 6.07) is 0. The Balaban J connectivity index is 0. The molecule has 0 rings (SSSR count). The van der Waals surface area contributed by atoms with E-state index in [1.165, 1.54) is 0 Å². The molecule has 0 aliphatic heterocycles. The summed E-state index contributed by atoms with van der Waals surface area (Å²) in [4.78, 5) is 0. The van der Waals surface area contributed by atoms with Crippen molar-refractivity contribution >= 4 is 52.1 Å². The Morgan fingerprint density at radius 2 is 0.500 bits per heavy atom. The van der Waals surface area contributed by atoms with Crippen molar-refractivity contribution in [3.05, 3.63) is 0 Å². The Hall–Kier alpha value is 2.95. The predicted molar refractivity (Wildman–Crippen MR) is 17.3 cm³/mol. The van der Waals surface area contributed by atoms with Crippen LogP contribution in [0.15, 0.2) is 0 Å². The maximum atomic E-state index is 0. The van der Waals surface area contributed by atoms with Gasteiger partial charge in [0, 0.05) is 92.9 Å². The van der Waals surface area contributed by atoms with Crippen LogP contribution >= 0.6 is 0 Å². The molecule has 0 atom stereocenters. The fourth-order valence-electron chi connectivity index (χ4n) is 0. The van der Waals surface area contributed by atoms with Crippen LogP contribution in [0.25, 0.3) is 0 Å². The molecule has 4 heteroatoms. The summed E-state index contributed by atoms with van der Waals surface area (Å²) in [7, 11) is 0. The Morgan fingerprint density at radius 1 is 0.500 bits per heavy atom. The first-order valence-corrected chi connectivity index (χ1v) is 0. The van der Waals surface area contributed by atoms with Gasteiger partial charge in [0.2, 0.25) is 0 Å². The molecule has 0 aromatic rings. The Morgan fingerprint density at radius 3 is 0.500 bits per heavy atom. The van der Waals surface area contributed by atoms with Crippen LogP contribution < -0.4 is 0 Å². The van der Waals surface area contributed by atoms with E-state index in [4.69, 9.17) is 0 Å². The van der Waals surface area contributed by atoms with Gasteiger partial charge in [-0.1, -0.05) is 0 Å². The van der Waals surface area contributed by atoms with Gasteiger partial charge < -0.3 is 0 Å². The molecule has 0 aliphatic rings. The Bertz CT molecular complexity index is 3.25. The molecule has 0 amide bonds. The van der Waals surface area contributed by atoms with E-state index >= 15 is 0 Å². The molecule has 0 aromatic carbocycles. The first kappa shape index (κ1) is 28.3. The summed E-state index contributed by atoms with van der Waals surface area (Å²) >= 11 is 0. The van der Waals surface area contributed by atoms with Crippen molar-refractivity contribution in [2.75, 3.05) is 0 Å². The molecule has 0 bridgehead atoms. The number of hydrogen-bond acceptors (Lipinski definition) is 0. The Labute approximate surface area is 91.0 Å². The predicted octanol–water partition coefficient (Wildman–Crippen LogP) is -1.14. The molecule has 0 aliphatic carbocycles. The van der Waals surface area contributed by atoms with Gasteiger partial charge in [-0.2, -0.15) is 0 Å². The van der Waals surface area contributed by atoms with Gasteiger partial charge in [0.15, 0.2) is 0 Å². The molecule has 0 N–H and O–H groups in total. The monoisotopic (exact) mass is 223 g/mol. The van der Waals surface area contributed by atoms with Crippen molar-refractivity contribution < 1.29 is 40.8 Å². The van der Waals surface area contributed by atoms with E-state index in [1.807, 2.05) is 0 Å². The second-order valence-corrected chi connectivity index (χ2v) is 0. The van der Waals surface area contributed by atoms with Gasteiger partial charge in [-0.25, -0.2) is 0 Å². The standard InChI is InChI=1S/3Al.Nd. The summed E-state index contributed by atoms with van der Waals surface area (Å²) in [6.07, 6.45) is 0. The van der Waals surface area contributed by atoms with E-state index < -0.39 is 0 Å². The van der Waals surface area contributed by atoms with Crippen LogP contribution in [0.1, 0.15) is 0 Å². The van der Waals surface area contributed by atoms with Crippen LogP contribution in [0.3, 0.4) is 0 Å². The summed E-state index contributed by atoms with van der Waals surface area (Å²) in [6.45, 7) is 0. The summed E-state index contributed by atoms with van der Waals surface area (Å²) in [5.41, 5.74) is 0. The molecule has 0 nitrogen and oxygen atoms in total. The van der Waals surface area contributed by atoms with Gasteiger partial charge in [-0.3, -0.25) is 0 Å². The second-order valence-electron chi connectivity index (χ2n) is 0. The zero-order valence-electron chi connectivity index (χ0n) is 2.23. The van der Waals surface area contributed by atoms with E-state index in [2.05, 4.69) is 0 Å². The largest absolute Gasteiger partial charge is 0 e. The van der Waals surface area contributed by atoms with Crippen molar-refractivity contribution in [1.82, 2.24) is 0 Å². The third kappa shape index (κ3) is 8.87. The summed E-state index contributed by atoms with van der Waals surface area (Å²) in [5.74, 6) is 0. The molecule has 9 radical (unpaired) electrons. The van der Waals surface area contributed by atoms with Crippen molar-refractivity contribution in [2.45, 2.75) is 0 Å². The van der Waals surface area contributed by atoms with Crippen molar-refractivity contribution in [3.8, 4) is 0 Å². The summed E-state index contributed by atoms with van der Waals surface area (Å²) in [5, 5.41) is 0. The quantitative estimate of drug-likeness (QED) is 0.457. The maximum absolute atomic E-state index is 0. The first-order chi connectivity index (χ1) is 0. The minimum atomic E-state index is 0. The average molecular weight is 225 g/mol. The van der Waals surface area contributed by atoms with Crippen molar-refractivity contribution in [1.29, 1.82) is 0 Å². The number of hydrogen-bond donors (Lipinski definition) is 0.